The minimum atomic E-state index is 0. The van der Waals surface area contributed by atoms with Gasteiger partial charge in [0.05, 0.1) is 44.5 Å². The van der Waals surface area contributed by atoms with Gasteiger partial charge < -0.3 is 13.7 Å². The van der Waals surface area contributed by atoms with Crippen molar-refractivity contribution < 1.29 is 0 Å². The molecule has 9 aromatic carbocycles. The Morgan fingerprint density at radius 1 is 0.234 bits per heavy atom. The Kier molecular flexibility index (Phi) is 8.66. The van der Waals surface area contributed by atoms with Gasteiger partial charge in [-0.3, -0.25) is 0 Å². The van der Waals surface area contributed by atoms with E-state index in [2.05, 4.69) is 244 Å². The Labute approximate surface area is 371 Å². The molecule has 4 nitrogen and oxygen atoms in total. The predicted octanol–water partition coefficient (Wildman–Crippen LogP) is 16.0. The maximum absolute atomic E-state index is 5.52. The molecule has 0 saturated carbocycles. The van der Waals surface area contributed by atoms with Crippen LogP contribution in [0.4, 0.5) is 0 Å². The molecule has 0 aliphatic carbocycles. The molecule has 0 bridgehead atoms. The van der Waals surface area contributed by atoms with Crippen LogP contribution in [0.3, 0.4) is 0 Å². The zero-order valence-corrected chi connectivity index (χ0v) is 34.2. The molecule has 0 aliphatic heterocycles. The molecule has 0 saturated heterocycles. The summed E-state index contributed by atoms with van der Waals surface area (Å²) in [5.74, 6) is 0. The second-order valence-electron chi connectivity index (χ2n) is 16.4. The summed E-state index contributed by atoms with van der Waals surface area (Å²) >= 11 is 0. The zero-order valence-electron chi connectivity index (χ0n) is 34.2. The van der Waals surface area contributed by atoms with Crippen molar-refractivity contribution >= 4 is 65.4 Å². The molecule has 0 amide bonds. The maximum Gasteiger partial charge on any atom is 0.0716 e. The van der Waals surface area contributed by atoms with Gasteiger partial charge in [-0.2, -0.15) is 0 Å². The van der Waals surface area contributed by atoms with Gasteiger partial charge in [-0.25, -0.2) is 4.98 Å². The van der Waals surface area contributed by atoms with Crippen LogP contribution in [-0.2, 0) is 0 Å². The molecule has 0 N–H and O–H groups in total. The number of benzene rings is 9. The molecule has 4 heterocycles. The van der Waals surface area contributed by atoms with Crippen LogP contribution in [-0.4, -0.2) is 18.7 Å². The third-order valence-electron chi connectivity index (χ3n) is 12.8. The number of fused-ring (bicyclic) bond motifs is 9. The predicted molar refractivity (Wildman–Crippen MR) is 270 cm³/mol. The molecule has 302 valence electrons. The Morgan fingerprint density at radius 3 is 0.812 bits per heavy atom. The van der Waals surface area contributed by atoms with Crippen molar-refractivity contribution in [2.75, 3.05) is 0 Å². The summed E-state index contributed by atoms with van der Waals surface area (Å²) in [5, 5.41) is 7.47. The van der Waals surface area contributed by atoms with Gasteiger partial charge in [0.25, 0.3) is 0 Å². The third-order valence-corrected chi connectivity index (χ3v) is 12.8. The van der Waals surface area contributed by atoms with Crippen LogP contribution >= 0.6 is 0 Å². The summed E-state index contributed by atoms with van der Waals surface area (Å²) in [7, 11) is 0. The quantitative estimate of drug-likeness (QED) is 0.164. The Bertz CT molecular complexity index is 3360. The van der Waals surface area contributed by atoms with E-state index in [9.17, 15) is 0 Å². The number of aromatic nitrogens is 4. The molecular weight excluding hydrogens is 777 g/mol. The number of hydrogen-bond acceptors (Lipinski definition) is 1. The van der Waals surface area contributed by atoms with Crippen LogP contribution in [0.5, 0.6) is 0 Å². The standard InChI is InChI=1S/C59H38N4.CH4/c1-7-28-54-46(22-1)47-23-2-8-29-55(47)61(54)43-19-13-16-39(34-43)42-37-52(40-17-14-20-44(35-40)62-56-30-9-3-24-48(56)49-25-4-10-31-57(49)62)60-53(38-42)41-18-15-21-45(36-41)63-58-32-11-5-26-50(58)51-27-6-12-33-59(51)63;/h1-38H;1H4. The van der Waals surface area contributed by atoms with Gasteiger partial charge in [-0.15, -0.1) is 0 Å². The lowest BCUT2D eigenvalue weighted by Crippen LogP contribution is -1.97. The normalized spacial score (nSPS) is 11.6. The molecule has 0 atom stereocenters. The average Bonchev–Trinajstić information content (AvgIpc) is 4.00. The van der Waals surface area contributed by atoms with Gasteiger partial charge in [0.15, 0.2) is 0 Å². The topological polar surface area (TPSA) is 27.7 Å². The third kappa shape index (κ3) is 5.80. The van der Waals surface area contributed by atoms with E-state index in [0.717, 1.165) is 50.7 Å². The molecule has 0 fully saturated rings. The fraction of sp³-hybridized carbons (Fsp3) is 0.0167. The van der Waals surface area contributed by atoms with E-state index >= 15 is 0 Å². The molecule has 0 radical (unpaired) electrons. The van der Waals surface area contributed by atoms with E-state index in [1.54, 1.807) is 0 Å². The fourth-order valence-corrected chi connectivity index (χ4v) is 10.0. The number of nitrogens with zero attached hydrogens (tertiary/aromatic N) is 4. The fourth-order valence-electron chi connectivity index (χ4n) is 10.0. The maximum atomic E-state index is 5.52. The van der Waals surface area contributed by atoms with E-state index in [0.29, 0.717) is 0 Å². The molecule has 0 aliphatic rings. The summed E-state index contributed by atoms with van der Waals surface area (Å²) in [6.07, 6.45) is 0. The highest BCUT2D eigenvalue weighted by atomic mass is 15.0. The Hall–Kier alpha value is -8.47. The molecule has 0 unspecified atom stereocenters. The minimum Gasteiger partial charge on any atom is -0.309 e. The first-order valence-corrected chi connectivity index (χ1v) is 21.5. The van der Waals surface area contributed by atoms with Crippen LogP contribution in [0.2, 0.25) is 0 Å². The zero-order chi connectivity index (χ0) is 41.4. The number of hydrogen-bond donors (Lipinski definition) is 0. The smallest absolute Gasteiger partial charge is 0.0716 e. The van der Waals surface area contributed by atoms with E-state index in [-0.39, 0.29) is 7.43 Å². The summed E-state index contributed by atoms with van der Waals surface area (Å²) in [6.45, 7) is 0. The number of rotatable bonds is 6. The first kappa shape index (κ1) is 37.3. The molecule has 13 aromatic rings. The van der Waals surface area contributed by atoms with Crippen molar-refractivity contribution in [3.63, 3.8) is 0 Å². The largest absolute Gasteiger partial charge is 0.309 e. The van der Waals surface area contributed by atoms with Crippen molar-refractivity contribution in [3.8, 4) is 50.7 Å². The van der Waals surface area contributed by atoms with Crippen molar-refractivity contribution in [1.82, 2.24) is 18.7 Å². The van der Waals surface area contributed by atoms with E-state index in [4.69, 9.17) is 4.98 Å². The molecule has 64 heavy (non-hydrogen) atoms. The second-order valence-corrected chi connectivity index (χ2v) is 16.4. The highest BCUT2D eigenvalue weighted by Crippen LogP contribution is 2.38. The first-order chi connectivity index (χ1) is 31.2. The minimum absolute atomic E-state index is 0. The van der Waals surface area contributed by atoms with Crippen molar-refractivity contribution in [1.29, 1.82) is 0 Å². The van der Waals surface area contributed by atoms with Crippen LogP contribution < -0.4 is 0 Å². The van der Waals surface area contributed by atoms with E-state index < -0.39 is 0 Å². The molecular formula is C60H42N4. The Morgan fingerprint density at radius 2 is 0.500 bits per heavy atom. The summed E-state index contributed by atoms with van der Waals surface area (Å²) < 4.78 is 7.15. The summed E-state index contributed by atoms with van der Waals surface area (Å²) in [4.78, 5) is 5.52. The van der Waals surface area contributed by atoms with E-state index in [1.807, 2.05) is 0 Å². The van der Waals surface area contributed by atoms with Gasteiger partial charge in [0.2, 0.25) is 0 Å². The highest BCUT2D eigenvalue weighted by molar-refractivity contribution is 6.11. The van der Waals surface area contributed by atoms with E-state index in [1.165, 1.54) is 65.4 Å². The first-order valence-electron chi connectivity index (χ1n) is 21.5. The lowest BCUT2D eigenvalue weighted by atomic mass is 9.99. The van der Waals surface area contributed by atoms with Gasteiger partial charge in [-0.1, -0.05) is 153 Å². The lowest BCUT2D eigenvalue weighted by Gasteiger charge is -2.15. The van der Waals surface area contributed by atoms with Crippen LogP contribution in [0.15, 0.2) is 231 Å². The van der Waals surface area contributed by atoms with Crippen molar-refractivity contribution in [2.24, 2.45) is 0 Å². The highest BCUT2D eigenvalue weighted by Gasteiger charge is 2.17. The average molecular weight is 819 g/mol. The van der Waals surface area contributed by atoms with Gasteiger partial charge in [-0.05, 0) is 96.1 Å². The molecule has 4 aromatic heterocycles. The SMILES string of the molecule is C.c1cc(-c2cc(-c3cccc(-n4c5ccccc5c5ccccc54)c3)nc(-c3cccc(-n4c5ccccc5c5ccccc54)c3)c2)cc(-n2c3ccccc3c3ccccc32)c1. The molecule has 13 rings (SSSR count). The number of para-hydroxylation sites is 6. The monoisotopic (exact) mass is 818 g/mol. The summed E-state index contributed by atoms with van der Waals surface area (Å²) in [6, 6.07) is 83.3. The van der Waals surface area contributed by atoms with Crippen molar-refractivity contribution in [2.45, 2.75) is 7.43 Å². The second kappa shape index (κ2) is 14.9. The Balaban J connectivity index is 0.00000433. The summed E-state index contributed by atoms with van der Waals surface area (Å²) in [5.41, 5.74) is 16.6. The van der Waals surface area contributed by atoms with Crippen LogP contribution in [0.1, 0.15) is 7.43 Å². The van der Waals surface area contributed by atoms with Crippen molar-refractivity contribution in [3.05, 3.63) is 231 Å². The van der Waals surface area contributed by atoms with Gasteiger partial charge in [0, 0.05) is 60.5 Å². The van der Waals surface area contributed by atoms with Gasteiger partial charge >= 0.3 is 0 Å². The molecule has 4 heteroatoms. The van der Waals surface area contributed by atoms with Crippen LogP contribution in [0.25, 0.3) is 116 Å². The number of pyridine rings is 1. The van der Waals surface area contributed by atoms with Crippen LogP contribution in [0, 0.1) is 0 Å². The lowest BCUT2D eigenvalue weighted by molar-refractivity contribution is 1.17. The molecule has 0 spiro atoms. The van der Waals surface area contributed by atoms with Gasteiger partial charge in [0.1, 0.15) is 0 Å².